The number of aryl methyl sites for hydroxylation is 1. The molecule has 0 radical (unpaired) electrons. The van der Waals surface area contributed by atoms with Gasteiger partial charge in [0.1, 0.15) is 0 Å². The van der Waals surface area contributed by atoms with E-state index in [2.05, 4.69) is 5.32 Å². The number of aliphatic carboxylic acids is 1. The Morgan fingerprint density at radius 1 is 1.50 bits per heavy atom. The van der Waals surface area contributed by atoms with Gasteiger partial charge in [0.25, 0.3) is 0 Å². The van der Waals surface area contributed by atoms with Crippen LogP contribution in [0.15, 0.2) is 6.07 Å². The first kappa shape index (κ1) is 13.0. The van der Waals surface area contributed by atoms with Crippen molar-refractivity contribution in [2.75, 3.05) is 6.54 Å². The summed E-state index contributed by atoms with van der Waals surface area (Å²) in [5.74, 6) is -1.94. The Kier molecular flexibility index (Phi) is 3.36. The average molecular weight is 272 g/mol. The van der Waals surface area contributed by atoms with Gasteiger partial charge in [0.2, 0.25) is 0 Å². The van der Waals surface area contributed by atoms with E-state index in [0.717, 1.165) is 5.56 Å². The highest BCUT2D eigenvalue weighted by molar-refractivity contribution is 6.33. The summed E-state index contributed by atoms with van der Waals surface area (Å²) in [4.78, 5) is 10.9. The Labute approximate surface area is 109 Å². The van der Waals surface area contributed by atoms with Crippen molar-refractivity contribution in [2.45, 2.75) is 19.4 Å². The Hall–Kier alpha value is -1.46. The van der Waals surface area contributed by atoms with Crippen LogP contribution in [0.3, 0.4) is 0 Å². The van der Waals surface area contributed by atoms with Crippen molar-refractivity contribution >= 4 is 17.6 Å². The first-order chi connectivity index (χ1) is 8.41. The van der Waals surface area contributed by atoms with Gasteiger partial charge in [0.15, 0.2) is 11.5 Å². The molecule has 2 unspecified atom stereocenters. The molecule has 0 aliphatic carbocycles. The van der Waals surface area contributed by atoms with E-state index < -0.39 is 11.9 Å². The topological polar surface area (TPSA) is 89.8 Å². The van der Waals surface area contributed by atoms with Crippen molar-refractivity contribution in [1.29, 1.82) is 0 Å². The molecule has 2 atom stereocenters. The molecule has 0 spiro atoms. The van der Waals surface area contributed by atoms with Crippen LogP contribution in [0.5, 0.6) is 11.5 Å². The molecule has 0 aromatic heterocycles. The fourth-order valence-electron chi connectivity index (χ4n) is 2.34. The maximum absolute atomic E-state index is 10.9. The number of hydrogen-bond acceptors (Lipinski definition) is 4. The minimum atomic E-state index is -0.846. The first-order valence-corrected chi connectivity index (χ1v) is 5.96. The van der Waals surface area contributed by atoms with Gasteiger partial charge in [-0.2, -0.15) is 0 Å². The lowest BCUT2D eigenvalue weighted by atomic mass is 9.96. The van der Waals surface area contributed by atoms with Gasteiger partial charge < -0.3 is 20.6 Å². The Morgan fingerprint density at radius 2 is 2.17 bits per heavy atom. The lowest BCUT2D eigenvalue weighted by Gasteiger charge is -2.17. The van der Waals surface area contributed by atoms with Crippen LogP contribution < -0.4 is 5.32 Å². The van der Waals surface area contributed by atoms with Gasteiger partial charge in [0.05, 0.1) is 10.9 Å². The van der Waals surface area contributed by atoms with Crippen LogP contribution in [0.1, 0.15) is 23.6 Å². The minimum Gasteiger partial charge on any atom is -0.504 e. The maximum Gasteiger partial charge on any atom is 0.307 e. The summed E-state index contributed by atoms with van der Waals surface area (Å²) < 4.78 is 0. The van der Waals surface area contributed by atoms with E-state index in [9.17, 15) is 15.0 Å². The van der Waals surface area contributed by atoms with Gasteiger partial charge in [-0.3, -0.25) is 4.79 Å². The molecule has 18 heavy (non-hydrogen) atoms. The number of rotatable bonds is 2. The molecular formula is C12H14ClNO4. The smallest absolute Gasteiger partial charge is 0.307 e. The number of aromatic hydroxyl groups is 2. The average Bonchev–Trinajstić information content (AvgIpc) is 2.75. The lowest BCUT2D eigenvalue weighted by Crippen LogP contribution is -2.17. The van der Waals surface area contributed by atoms with Crippen LogP contribution >= 0.6 is 11.6 Å². The number of carbonyl (C=O) groups is 1. The molecule has 2 rings (SSSR count). The molecule has 1 saturated heterocycles. The number of carboxylic acids is 1. The molecule has 4 N–H and O–H groups in total. The lowest BCUT2D eigenvalue weighted by molar-refractivity contribution is -0.141. The third-order valence-corrected chi connectivity index (χ3v) is 3.68. The number of nitrogens with one attached hydrogen (secondary N) is 1. The van der Waals surface area contributed by atoms with Gasteiger partial charge in [0, 0.05) is 12.6 Å². The molecule has 0 saturated carbocycles. The summed E-state index contributed by atoms with van der Waals surface area (Å²) in [5, 5.41) is 31.2. The molecule has 1 aromatic rings. The molecular weight excluding hydrogens is 258 g/mol. The van der Waals surface area contributed by atoms with Gasteiger partial charge >= 0.3 is 5.97 Å². The van der Waals surface area contributed by atoms with Crippen molar-refractivity contribution in [3.05, 3.63) is 22.2 Å². The van der Waals surface area contributed by atoms with Crippen LogP contribution in [-0.4, -0.2) is 27.8 Å². The first-order valence-electron chi connectivity index (χ1n) is 5.59. The quantitative estimate of drug-likeness (QED) is 0.616. The zero-order valence-electron chi connectivity index (χ0n) is 9.77. The summed E-state index contributed by atoms with van der Waals surface area (Å²) in [6.45, 7) is 2.13. The van der Waals surface area contributed by atoms with Crippen molar-refractivity contribution in [3.63, 3.8) is 0 Å². The molecule has 1 aliphatic heterocycles. The monoisotopic (exact) mass is 271 g/mol. The molecule has 0 amide bonds. The molecule has 98 valence electrons. The number of phenolic OH excluding ortho intramolecular Hbond substituents is 2. The second-order valence-electron chi connectivity index (χ2n) is 4.52. The van der Waals surface area contributed by atoms with E-state index in [4.69, 9.17) is 16.7 Å². The molecule has 1 aliphatic rings. The fraction of sp³-hybridized carbons (Fsp3) is 0.417. The Morgan fingerprint density at radius 3 is 2.72 bits per heavy atom. The van der Waals surface area contributed by atoms with Crippen molar-refractivity contribution in [1.82, 2.24) is 5.32 Å². The zero-order valence-corrected chi connectivity index (χ0v) is 10.5. The molecule has 1 fully saturated rings. The van der Waals surface area contributed by atoms with Crippen molar-refractivity contribution in [2.24, 2.45) is 5.92 Å². The number of carboxylic acid groups (broad SMARTS) is 1. The predicted molar refractivity (Wildman–Crippen MR) is 66.0 cm³/mol. The normalized spacial score (nSPS) is 23.2. The maximum atomic E-state index is 10.9. The van der Waals surface area contributed by atoms with E-state index in [-0.39, 0.29) is 22.6 Å². The number of benzene rings is 1. The molecule has 1 aromatic carbocycles. The second kappa shape index (κ2) is 4.66. The largest absolute Gasteiger partial charge is 0.504 e. The summed E-state index contributed by atoms with van der Waals surface area (Å²) in [7, 11) is 0. The highest BCUT2D eigenvalue weighted by Crippen LogP contribution is 2.42. The van der Waals surface area contributed by atoms with Gasteiger partial charge in [-0.05, 0) is 30.5 Å². The van der Waals surface area contributed by atoms with E-state index in [1.165, 1.54) is 6.07 Å². The van der Waals surface area contributed by atoms with E-state index in [0.29, 0.717) is 18.5 Å². The summed E-state index contributed by atoms with van der Waals surface area (Å²) in [6, 6.07) is 1.21. The minimum absolute atomic E-state index is 0.0797. The van der Waals surface area contributed by atoms with Crippen LogP contribution in [-0.2, 0) is 4.79 Å². The molecule has 0 bridgehead atoms. The fourth-order valence-corrected chi connectivity index (χ4v) is 2.71. The Bertz CT molecular complexity index is 503. The third-order valence-electron chi connectivity index (χ3n) is 3.29. The van der Waals surface area contributed by atoms with Crippen molar-refractivity contribution < 1.29 is 20.1 Å². The molecule has 1 heterocycles. The van der Waals surface area contributed by atoms with E-state index in [1.807, 2.05) is 0 Å². The van der Waals surface area contributed by atoms with E-state index in [1.54, 1.807) is 6.92 Å². The van der Waals surface area contributed by atoms with Gasteiger partial charge in [-0.25, -0.2) is 0 Å². The zero-order chi connectivity index (χ0) is 13.4. The van der Waals surface area contributed by atoms with Gasteiger partial charge in [-0.15, -0.1) is 0 Å². The number of halogens is 1. The third kappa shape index (κ3) is 2.11. The Balaban J connectivity index is 2.36. The number of hydrogen-bond donors (Lipinski definition) is 4. The molecule has 5 nitrogen and oxygen atoms in total. The summed E-state index contributed by atoms with van der Waals surface area (Å²) in [6.07, 6.45) is 0.417. The predicted octanol–water partition coefficient (Wildman–Crippen LogP) is 1.79. The van der Waals surface area contributed by atoms with E-state index >= 15 is 0 Å². The standard InChI is InChI=1S/C12H14ClNO4/c1-5-2-8(15)11(16)10(13)9(5)7-3-6(4-14-7)12(17)18/h2,6-7,14-16H,3-4H2,1H3,(H,17,18). The van der Waals surface area contributed by atoms with Crippen LogP contribution in [0.2, 0.25) is 5.02 Å². The van der Waals surface area contributed by atoms with Gasteiger partial charge in [-0.1, -0.05) is 11.6 Å². The highest BCUT2D eigenvalue weighted by atomic mass is 35.5. The summed E-state index contributed by atoms with van der Waals surface area (Å²) >= 11 is 6.01. The van der Waals surface area contributed by atoms with Crippen LogP contribution in [0.4, 0.5) is 0 Å². The van der Waals surface area contributed by atoms with Crippen LogP contribution in [0.25, 0.3) is 0 Å². The molecule has 6 heteroatoms. The van der Waals surface area contributed by atoms with Crippen LogP contribution in [0, 0.1) is 12.8 Å². The van der Waals surface area contributed by atoms with Crippen molar-refractivity contribution in [3.8, 4) is 11.5 Å². The summed E-state index contributed by atoms with van der Waals surface area (Å²) in [5.41, 5.74) is 1.37. The highest BCUT2D eigenvalue weighted by Gasteiger charge is 2.33. The second-order valence-corrected chi connectivity index (χ2v) is 4.90. The number of phenols is 2. The SMILES string of the molecule is Cc1cc(O)c(O)c(Cl)c1C1CC(C(=O)O)CN1.